The zero-order valence-corrected chi connectivity index (χ0v) is 14.0. The Morgan fingerprint density at radius 1 is 1.33 bits per heavy atom. The number of hydrogen-bond donors (Lipinski definition) is 1. The fraction of sp³-hybridized carbons (Fsp3) is 0.312. The standard InChI is InChI=1S/C16H16BrClN2O/c1-10-8-12(4-5-13(10)17)21-16-7-6-14(18)15(20-16)9-19-11-2-3-11/h4-8,11,19H,2-3,9H2,1H3. The van der Waals surface area contributed by atoms with Crippen molar-refractivity contribution in [2.75, 3.05) is 0 Å². The van der Waals surface area contributed by atoms with Crippen LogP contribution >= 0.6 is 27.5 Å². The van der Waals surface area contributed by atoms with Crippen LogP contribution in [0.1, 0.15) is 24.1 Å². The van der Waals surface area contributed by atoms with E-state index < -0.39 is 0 Å². The number of nitrogens with zero attached hydrogens (tertiary/aromatic N) is 1. The van der Waals surface area contributed by atoms with Crippen LogP contribution in [0.25, 0.3) is 0 Å². The molecular formula is C16H16BrClN2O. The van der Waals surface area contributed by atoms with E-state index in [0.29, 0.717) is 23.5 Å². The molecule has 1 aromatic heterocycles. The Bertz CT molecular complexity index is 659. The molecule has 1 N–H and O–H groups in total. The number of hydrogen-bond acceptors (Lipinski definition) is 3. The van der Waals surface area contributed by atoms with E-state index in [1.165, 1.54) is 12.8 Å². The number of pyridine rings is 1. The lowest BCUT2D eigenvalue weighted by molar-refractivity contribution is 0.459. The van der Waals surface area contributed by atoms with E-state index in [4.69, 9.17) is 16.3 Å². The summed E-state index contributed by atoms with van der Waals surface area (Å²) < 4.78 is 6.88. The highest BCUT2D eigenvalue weighted by molar-refractivity contribution is 9.10. The number of aromatic nitrogens is 1. The second kappa shape index (κ2) is 6.34. The molecule has 0 amide bonds. The minimum Gasteiger partial charge on any atom is -0.439 e. The van der Waals surface area contributed by atoms with Crippen molar-refractivity contribution >= 4 is 27.5 Å². The summed E-state index contributed by atoms with van der Waals surface area (Å²) in [4.78, 5) is 4.49. The average molecular weight is 368 g/mol. The van der Waals surface area contributed by atoms with E-state index in [9.17, 15) is 0 Å². The van der Waals surface area contributed by atoms with Gasteiger partial charge in [-0.1, -0.05) is 27.5 Å². The number of nitrogens with one attached hydrogen (secondary N) is 1. The summed E-state index contributed by atoms with van der Waals surface area (Å²) in [6, 6.07) is 10.1. The Balaban J connectivity index is 1.74. The zero-order valence-electron chi connectivity index (χ0n) is 11.7. The first-order valence-electron chi connectivity index (χ1n) is 6.94. The maximum atomic E-state index is 6.18. The number of benzene rings is 1. The maximum absolute atomic E-state index is 6.18. The minimum atomic E-state index is 0.564. The molecule has 0 atom stereocenters. The van der Waals surface area contributed by atoms with Crippen LogP contribution in [0.5, 0.6) is 11.6 Å². The van der Waals surface area contributed by atoms with E-state index in [1.54, 1.807) is 6.07 Å². The van der Waals surface area contributed by atoms with Crippen molar-refractivity contribution < 1.29 is 4.74 Å². The summed E-state index contributed by atoms with van der Waals surface area (Å²) in [6.45, 7) is 2.71. The van der Waals surface area contributed by atoms with Crippen LogP contribution < -0.4 is 10.1 Å². The smallest absolute Gasteiger partial charge is 0.219 e. The third-order valence-electron chi connectivity index (χ3n) is 3.38. The molecular weight excluding hydrogens is 352 g/mol. The zero-order chi connectivity index (χ0) is 14.8. The lowest BCUT2D eigenvalue weighted by Crippen LogP contribution is -2.16. The maximum Gasteiger partial charge on any atom is 0.219 e. The Labute approximate surface area is 137 Å². The van der Waals surface area contributed by atoms with Crippen LogP contribution in [0.15, 0.2) is 34.8 Å². The van der Waals surface area contributed by atoms with Gasteiger partial charge in [0, 0.05) is 23.1 Å². The molecule has 1 aliphatic carbocycles. The number of aryl methyl sites for hydroxylation is 1. The molecule has 1 aliphatic rings. The molecule has 2 aromatic rings. The van der Waals surface area contributed by atoms with Crippen molar-refractivity contribution in [2.24, 2.45) is 0 Å². The molecule has 110 valence electrons. The van der Waals surface area contributed by atoms with Gasteiger partial charge in [-0.2, -0.15) is 0 Å². The van der Waals surface area contributed by atoms with E-state index in [0.717, 1.165) is 21.5 Å². The van der Waals surface area contributed by atoms with Gasteiger partial charge >= 0.3 is 0 Å². The third-order valence-corrected chi connectivity index (χ3v) is 4.61. The fourth-order valence-electron chi connectivity index (χ4n) is 1.98. The Morgan fingerprint density at radius 2 is 2.14 bits per heavy atom. The second-order valence-electron chi connectivity index (χ2n) is 5.25. The molecule has 0 bridgehead atoms. The molecule has 1 heterocycles. The molecule has 1 saturated carbocycles. The van der Waals surface area contributed by atoms with Crippen LogP contribution in [0.3, 0.4) is 0 Å². The van der Waals surface area contributed by atoms with Gasteiger partial charge in [-0.3, -0.25) is 0 Å². The fourth-order valence-corrected chi connectivity index (χ4v) is 2.39. The van der Waals surface area contributed by atoms with Crippen molar-refractivity contribution in [1.82, 2.24) is 10.3 Å². The van der Waals surface area contributed by atoms with Crippen molar-refractivity contribution in [2.45, 2.75) is 32.4 Å². The van der Waals surface area contributed by atoms with Crippen molar-refractivity contribution in [3.05, 3.63) is 51.1 Å². The van der Waals surface area contributed by atoms with Gasteiger partial charge in [0.25, 0.3) is 0 Å². The van der Waals surface area contributed by atoms with Gasteiger partial charge in [0.1, 0.15) is 5.75 Å². The van der Waals surface area contributed by atoms with E-state index in [1.807, 2.05) is 31.2 Å². The first-order valence-corrected chi connectivity index (χ1v) is 8.12. The van der Waals surface area contributed by atoms with Gasteiger partial charge in [-0.05, 0) is 49.6 Å². The number of rotatable bonds is 5. The molecule has 0 saturated heterocycles. The Hall–Kier alpha value is -1.10. The SMILES string of the molecule is Cc1cc(Oc2ccc(Cl)c(CNC3CC3)n2)ccc1Br. The summed E-state index contributed by atoms with van der Waals surface area (Å²) >= 11 is 9.66. The van der Waals surface area contributed by atoms with Gasteiger partial charge in [0.15, 0.2) is 0 Å². The highest BCUT2D eigenvalue weighted by atomic mass is 79.9. The molecule has 0 spiro atoms. The van der Waals surface area contributed by atoms with Crippen LogP contribution in [0, 0.1) is 6.92 Å². The van der Waals surface area contributed by atoms with Gasteiger partial charge in [0.05, 0.1) is 10.7 Å². The lowest BCUT2D eigenvalue weighted by Gasteiger charge is -2.10. The van der Waals surface area contributed by atoms with Gasteiger partial charge in [-0.25, -0.2) is 4.98 Å². The summed E-state index contributed by atoms with van der Waals surface area (Å²) in [5, 5.41) is 4.08. The van der Waals surface area contributed by atoms with Crippen LogP contribution in [0.4, 0.5) is 0 Å². The summed E-state index contributed by atoms with van der Waals surface area (Å²) in [7, 11) is 0. The van der Waals surface area contributed by atoms with Crippen molar-refractivity contribution in [3.63, 3.8) is 0 Å². The highest BCUT2D eigenvalue weighted by Crippen LogP contribution is 2.27. The predicted molar refractivity (Wildman–Crippen MR) is 88.1 cm³/mol. The summed E-state index contributed by atoms with van der Waals surface area (Å²) in [6.07, 6.45) is 2.48. The molecule has 1 fully saturated rings. The van der Waals surface area contributed by atoms with E-state index in [2.05, 4.69) is 26.2 Å². The van der Waals surface area contributed by atoms with Gasteiger partial charge in [-0.15, -0.1) is 0 Å². The Kier molecular flexibility index (Phi) is 4.48. The molecule has 0 radical (unpaired) electrons. The highest BCUT2D eigenvalue weighted by Gasteiger charge is 2.20. The molecule has 3 rings (SSSR count). The topological polar surface area (TPSA) is 34.1 Å². The molecule has 3 nitrogen and oxygen atoms in total. The van der Waals surface area contributed by atoms with E-state index in [-0.39, 0.29) is 0 Å². The molecule has 21 heavy (non-hydrogen) atoms. The molecule has 0 unspecified atom stereocenters. The number of ether oxygens (including phenoxy) is 1. The summed E-state index contributed by atoms with van der Waals surface area (Å²) in [5.74, 6) is 1.33. The number of halogens is 2. The molecule has 1 aromatic carbocycles. The third kappa shape index (κ3) is 3.96. The first-order chi connectivity index (χ1) is 10.1. The second-order valence-corrected chi connectivity index (χ2v) is 6.51. The first kappa shape index (κ1) is 14.8. The van der Waals surface area contributed by atoms with Crippen molar-refractivity contribution in [3.8, 4) is 11.6 Å². The normalized spacial score (nSPS) is 14.2. The minimum absolute atomic E-state index is 0.564. The molecule has 5 heteroatoms. The largest absolute Gasteiger partial charge is 0.439 e. The van der Waals surface area contributed by atoms with E-state index >= 15 is 0 Å². The summed E-state index contributed by atoms with van der Waals surface area (Å²) in [5.41, 5.74) is 1.95. The quantitative estimate of drug-likeness (QED) is 0.820. The Morgan fingerprint density at radius 3 is 2.86 bits per heavy atom. The van der Waals surface area contributed by atoms with Gasteiger partial charge < -0.3 is 10.1 Å². The average Bonchev–Trinajstić information content (AvgIpc) is 3.28. The lowest BCUT2D eigenvalue weighted by atomic mass is 10.2. The monoisotopic (exact) mass is 366 g/mol. The van der Waals surface area contributed by atoms with Crippen LogP contribution in [-0.2, 0) is 6.54 Å². The van der Waals surface area contributed by atoms with Crippen molar-refractivity contribution in [1.29, 1.82) is 0 Å². The van der Waals surface area contributed by atoms with Gasteiger partial charge in [0.2, 0.25) is 5.88 Å². The predicted octanol–water partition coefficient (Wildman–Crippen LogP) is 4.85. The van der Waals surface area contributed by atoms with Crippen LogP contribution in [-0.4, -0.2) is 11.0 Å². The van der Waals surface area contributed by atoms with Crippen LogP contribution in [0.2, 0.25) is 5.02 Å². The molecule has 0 aliphatic heterocycles.